The average Bonchev–Trinajstić information content (AvgIpc) is 2.86. The first-order chi connectivity index (χ1) is 8.63. The molecule has 1 unspecified atom stereocenters. The van der Waals surface area contributed by atoms with Crippen LogP contribution < -0.4 is 15.4 Å². The van der Waals surface area contributed by atoms with Crippen LogP contribution in [0.2, 0.25) is 0 Å². The molecule has 1 heterocycles. The van der Waals surface area contributed by atoms with Gasteiger partial charge in [-0.2, -0.15) is 0 Å². The quantitative estimate of drug-likeness (QED) is 0.646. The molecule has 1 aliphatic rings. The third-order valence-corrected chi connectivity index (χ3v) is 3.31. The zero-order valence-electron chi connectivity index (χ0n) is 10.3. The van der Waals surface area contributed by atoms with E-state index in [0.29, 0.717) is 18.2 Å². The number of non-ortho nitro benzene ring substituents is 1. The summed E-state index contributed by atoms with van der Waals surface area (Å²) in [5, 5.41) is 10.9. The highest BCUT2D eigenvalue weighted by Gasteiger charge is 2.23. The van der Waals surface area contributed by atoms with Crippen molar-refractivity contribution in [2.24, 2.45) is 11.7 Å². The number of nitro benzene ring substituents is 1. The molecule has 2 rings (SSSR count). The van der Waals surface area contributed by atoms with E-state index in [4.69, 9.17) is 10.5 Å². The lowest BCUT2D eigenvalue weighted by Gasteiger charge is -2.19. The lowest BCUT2D eigenvalue weighted by atomic mass is 10.1. The average molecular weight is 251 g/mol. The Morgan fingerprint density at radius 3 is 2.89 bits per heavy atom. The van der Waals surface area contributed by atoms with Crippen molar-refractivity contribution in [1.29, 1.82) is 0 Å². The standard InChI is InChI=1S/C12H17N3O3/c1-18-12-5-10(4-11(6-12)15(16)17)14-3-2-9(7-13)8-14/h4-6,9H,2-3,7-8,13H2,1H3. The van der Waals surface area contributed by atoms with Gasteiger partial charge in [0.25, 0.3) is 5.69 Å². The zero-order chi connectivity index (χ0) is 13.1. The molecule has 1 saturated heterocycles. The van der Waals surface area contributed by atoms with Crippen LogP contribution in [0.25, 0.3) is 0 Å². The third kappa shape index (κ3) is 2.53. The molecule has 0 spiro atoms. The maximum Gasteiger partial charge on any atom is 0.275 e. The number of nitro groups is 1. The minimum absolute atomic E-state index is 0.0561. The van der Waals surface area contributed by atoms with Crippen molar-refractivity contribution < 1.29 is 9.66 Å². The number of nitrogens with two attached hydrogens (primary N) is 1. The Kier molecular flexibility index (Phi) is 3.66. The molecule has 1 aromatic rings. The number of hydrogen-bond donors (Lipinski definition) is 1. The first kappa shape index (κ1) is 12.6. The largest absolute Gasteiger partial charge is 0.496 e. The van der Waals surface area contributed by atoms with Crippen molar-refractivity contribution in [3.63, 3.8) is 0 Å². The summed E-state index contributed by atoms with van der Waals surface area (Å²) in [6, 6.07) is 4.84. The molecule has 98 valence electrons. The van der Waals surface area contributed by atoms with E-state index in [0.717, 1.165) is 25.2 Å². The van der Waals surface area contributed by atoms with Crippen LogP contribution in [-0.2, 0) is 0 Å². The van der Waals surface area contributed by atoms with Crippen molar-refractivity contribution >= 4 is 11.4 Å². The van der Waals surface area contributed by atoms with E-state index in [1.165, 1.54) is 13.2 Å². The molecule has 2 N–H and O–H groups in total. The Bertz CT molecular complexity index is 450. The van der Waals surface area contributed by atoms with Crippen LogP contribution >= 0.6 is 0 Å². The van der Waals surface area contributed by atoms with E-state index in [9.17, 15) is 10.1 Å². The van der Waals surface area contributed by atoms with Gasteiger partial charge in [-0.15, -0.1) is 0 Å². The first-order valence-corrected chi connectivity index (χ1v) is 5.92. The highest BCUT2D eigenvalue weighted by Crippen LogP contribution is 2.31. The number of ether oxygens (including phenoxy) is 1. The molecule has 0 aromatic heterocycles. The highest BCUT2D eigenvalue weighted by molar-refractivity contribution is 5.58. The Hall–Kier alpha value is -1.82. The summed E-state index contributed by atoms with van der Waals surface area (Å²) < 4.78 is 5.10. The minimum Gasteiger partial charge on any atom is -0.496 e. The van der Waals surface area contributed by atoms with Gasteiger partial charge in [0.05, 0.1) is 18.1 Å². The number of methoxy groups -OCH3 is 1. The molecule has 6 nitrogen and oxygen atoms in total. The van der Waals surface area contributed by atoms with Crippen LogP contribution in [-0.4, -0.2) is 31.7 Å². The highest BCUT2D eigenvalue weighted by atomic mass is 16.6. The lowest BCUT2D eigenvalue weighted by molar-refractivity contribution is -0.384. The van der Waals surface area contributed by atoms with Gasteiger partial charge in [0, 0.05) is 30.9 Å². The lowest BCUT2D eigenvalue weighted by Crippen LogP contribution is -2.22. The molecule has 1 atom stereocenters. The SMILES string of the molecule is COc1cc(N2CCC(CN)C2)cc([N+](=O)[O-])c1. The summed E-state index contributed by atoms with van der Waals surface area (Å²) in [7, 11) is 1.51. The fourth-order valence-electron chi connectivity index (χ4n) is 2.23. The van der Waals surface area contributed by atoms with Crippen molar-refractivity contribution in [2.75, 3.05) is 31.6 Å². The van der Waals surface area contributed by atoms with Crippen molar-refractivity contribution in [3.05, 3.63) is 28.3 Å². The van der Waals surface area contributed by atoms with E-state index in [1.807, 2.05) is 6.07 Å². The Morgan fingerprint density at radius 2 is 2.33 bits per heavy atom. The molecule has 1 fully saturated rings. The topological polar surface area (TPSA) is 81.6 Å². The number of hydrogen-bond acceptors (Lipinski definition) is 5. The summed E-state index contributed by atoms with van der Waals surface area (Å²) in [6.45, 7) is 2.38. The maximum absolute atomic E-state index is 10.9. The monoisotopic (exact) mass is 251 g/mol. The van der Waals surface area contributed by atoms with Gasteiger partial charge in [0.1, 0.15) is 5.75 Å². The summed E-state index contributed by atoms with van der Waals surface area (Å²) in [4.78, 5) is 12.6. The predicted octanol–water partition coefficient (Wildman–Crippen LogP) is 1.39. The van der Waals surface area contributed by atoms with Gasteiger partial charge < -0.3 is 15.4 Å². The molecule has 0 saturated carbocycles. The molecule has 0 radical (unpaired) electrons. The number of anilines is 1. The van der Waals surface area contributed by atoms with Crippen LogP contribution in [0.5, 0.6) is 5.75 Å². The van der Waals surface area contributed by atoms with Gasteiger partial charge in [-0.05, 0) is 18.9 Å². The minimum atomic E-state index is -0.400. The van der Waals surface area contributed by atoms with Crippen molar-refractivity contribution in [1.82, 2.24) is 0 Å². The second-order valence-electron chi connectivity index (χ2n) is 4.48. The third-order valence-electron chi connectivity index (χ3n) is 3.31. The molecule has 0 amide bonds. The van der Waals surface area contributed by atoms with Gasteiger partial charge in [-0.3, -0.25) is 10.1 Å². The molecule has 18 heavy (non-hydrogen) atoms. The van der Waals surface area contributed by atoms with Gasteiger partial charge in [0.2, 0.25) is 0 Å². The molecule has 0 aliphatic carbocycles. The number of benzene rings is 1. The Labute approximate surface area is 105 Å². The van der Waals surface area contributed by atoms with E-state index in [2.05, 4.69) is 4.90 Å². The first-order valence-electron chi connectivity index (χ1n) is 5.92. The van der Waals surface area contributed by atoms with Crippen LogP contribution in [0.4, 0.5) is 11.4 Å². The number of rotatable bonds is 4. The fraction of sp³-hybridized carbons (Fsp3) is 0.500. The van der Waals surface area contributed by atoms with Crippen molar-refractivity contribution in [3.8, 4) is 5.75 Å². The van der Waals surface area contributed by atoms with Crippen LogP contribution in [0.3, 0.4) is 0 Å². The Balaban J connectivity index is 2.27. The Morgan fingerprint density at radius 1 is 1.56 bits per heavy atom. The van der Waals surface area contributed by atoms with Gasteiger partial charge >= 0.3 is 0 Å². The summed E-state index contributed by atoms with van der Waals surface area (Å²) in [6.07, 6.45) is 1.03. The van der Waals surface area contributed by atoms with Crippen LogP contribution in [0, 0.1) is 16.0 Å². The summed E-state index contributed by atoms with van der Waals surface area (Å²) in [5.74, 6) is 0.977. The summed E-state index contributed by atoms with van der Waals surface area (Å²) >= 11 is 0. The smallest absolute Gasteiger partial charge is 0.275 e. The molecule has 1 aliphatic heterocycles. The second-order valence-corrected chi connectivity index (χ2v) is 4.48. The molecule has 6 heteroatoms. The van der Waals surface area contributed by atoms with Gasteiger partial charge in [0.15, 0.2) is 0 Å². The normalized spacial score (nSPS) is 19.0. The predicted molar refractivity (Wildman–Crippen MR) is 69.0 cm³/mol. The molecule has 1 aromatic carbocycles. The van der Waals surface area contributed by atoms with E-state index in [1.54, 1.807) is 6.07 Å². The fourth-order valence-corrected chi connectivity index (χ4v) is 2.23. The van der Waals surface area contributed by atoms with Gasteiger partial charge in [-0.25, -0.2) is 0 Å². The molecular weight excluding hydrogens is 234 g/mol. The van der Waals surface area contributed by atoms with Crippen LogP contribution in [0.1, 0.15) is 6.42 Å². The number of nitrogens with zero attached hydrogens (tertiary/aromatic N) is 2. The molecular formula is C12H17N3O3. The second kappa shape index (κ2) is 5.22. The van der Waals surface area contributed by atoms with E-state index < -0.39 is 4.92 Å². The summed E-state index contributed by atoms with van der Waals surface area (Å²) in [5.41, 5.74) is 6.54. The molecule has 0 bridgehead atoms. The zero-order valence-corrected chi connectivity index (χ0v) is 10.3. The van der Waals surface area contributed by atoms with Gasteiger partial charge in [-0.1, -0.05) is 0 Å². The van der Waals surface area contributed by atoms with E-state index >= 15 is 0 Å². The van der Waals surface area contributed by atoms with Crippen molar-refractivity contribution in [2.45, 2.75) is 6.42 Å². The van der Waals surface area contributed by atoms with Crippen LogP contribution in [0.15, 0.2) is 18.2 Å². The van der Waals surface area contributed by atoms with E-state index in [-0.39, 0.29) is 5.69 Å². The maximum atomic E-state index is 10.9.